The number of fused-ring (bicyclic) bond motifs is 18. The lowest BCUT2D eigenvalue weighted by molar-refractivity contribution is 1.63. The summed E-state index contributed by atoms with van der Waals surface area (Å²) in [5, 5.41) is 30.7. The molecule has 0 atom stereocenters. The van der Waals surface area contributed by atoms with Crippen LogP contribution in [0.15, 0.2) is 546 Å². The van der Waals surface area contributed by atoms with Crippen molar-refractivity contribution in [1.29, 1.82) is 0 Å². The molecule has 0 bridgehead atoms. The molecule has 3 heteroatoms. The summed E-state index contributed by atoms with van der Waals surface area (Å²) in [6.07, 6.45) is 0. The summed E-state index contributed by atoms with van der Waals surface area (Å²) in [7, 11) is 0. The first-order chi connectivity index (χ1) is 72.9. The first-order valence-corrected chi connectivity index (χ1v) is 53.0. The van der Waals surface area contributed by atoms with E-state index in [2.05, 4.69) is 546 Å². The van der Waals surface area contributed by atoms with Crippen molar-refractivity contribution in [3.63, 3.8) is 0 Å². The zero-order valence-electron chi connectivity index (χ0n) is 80.2. The third kappa shape index (κ3) is 15.3. The lowest BCUT2D eigenvalue weighted by Crippen LogP contribution is -1.93. The molecule has 0 spiro atoms. The average molecular weight is 1930 g/mol. The van der Waals surface area contributed by atoms with E-state index in [1.807, 2.05) is 34.0 Å². The molecule has 30 rings (SSSR count). The van der Waals surface area contributed by atoms with Crippen molar-refractivity contribution in [1.82, 2.24) is 0 Å². The van der Waals surface area contributed by atoms with E-state index >= 15 is 0 Å². The second-order valence-corrected chi connectivity index (χ2v) is 41.7. The lowest BCUT2D eigenvalue weighted by Gasteiger charge is -2.20. The Bertz CT molecular complexity index is 10400. The second kappa shape index (κ2) is 36.7. The fourth-order valence-electron chi connectivity index (χ4n) is 23.4. The van der Waals surface area contributed by atoms with Crippen molar-refractivity contribution in [2.75, 3.05) is 0 Å². The van der Waals surface area contributed by atoms with Gasteiger partial charge in [0.15, 0.2) is 0 Å². The number of hydrogen-bond donors (Lipinski definition) is 0. The number of thiophene rings is 3. The van der Waals surface area contributed by atoms with Crippen molar-refractivity contribution in [3.05, 3.63) is 546 Å². The summed E-state index contributed by atoms with van der Waals surface area (Å²) in [5.41, 5.74) is 30.1. The Labute approximate surface area is 868 Å². The predicted octanol–water partition coefficient (Wildman–Crippen LogP) is 43.3. The van der Waals surface area contributed by atoms with Crippen molar-refractivity contribution >= 4 is 191 Å². The van der Waals surface area contributed by atoms with Gasteiger partial charge in [0.25, 0.3) is 0 Å². The van der Waals surface area contributed by atoms with Gasteiger partial charge in [-0.2, -0.15) is 0 Å². The Balaban J connectivity index is 0.000000115. The summed E-state index contributed by atoms with van der Waals surface area (Å²) in [4.78, 5) is 0. The van der Waals surface area contributed by atoms with Gasteiger partial charge in [0.2, 0.25) is 0 Å². The topological polar surface area (TPSA) is 0 Å². The molecule has 30 aromatic rings. The molecule has 0 saturated heterocycles. The van der Waals surface area contributed by atoms with Crippen LogP contribution >= 0.6 is 34.0 Å². The van der Waals surface area contributed by atoms with E-state index in [9.17, 15) is 0 Å². The Morgan fingerprint density at radius 2 is 0.313 bits per heavy atom. The van der Waals surface area contributed by atoms with E-state index in [0.717, 1.165) is 0 Å². The van der Waals surface area contributed by atoms with E-state index in [0.29, 0.717) is 0 Å². The van der Waals surface area contributed by atoms with E-state index in [1.165, 1.54) is 291 Å². The maximum absolute atomic E-state index is 2.40. The molecule has 0 aliphatic heterocycles. The van der Waals surface area contributed by atoms with Crippen molar-refractivity contribution < 1.29 is 4.28 Å². The third-order valence-corrected chi connectivity index (χ3v) is 33.6. The molecule has 147 heavy (non-hydrogen) atoms. The zero-order valence-corrected chi connectivity index (χ0v) is 82.6. The van der Waals surface area contributed by atoms with Crippen LogP contribution in [0.3, 0.4) is 0 Å². The van der Waals surface area contributed by atoms with E-state index in [1.54, 1.807) is 0 Å². The van der Waals surface area contributed by atoms with Crippen LogP contribution in [0.2, 0.25) is 0 Å². The molecule has 27 aromatic carbocycles. The smallest absolute Gasteiger partial charge is 0.0361 e. The highest BCUT2D eigenvalue weighted by Gasteiger charge is 2.26. The summed E-state index contributed by atoms with van der Waals surface area (Å²) in [6, 6.07) is 201. The molecule has 0 aliphatic rings. The average Bonchev–Trinajstić information content (AvgIpc) is 0.765. The zero-order chi connectivity index (χ0) is 96.9. The minimum absolute atomic E-state index is 0. The molecule has 690 valence electrons. The molecule has 0 fully saturated rings. The molecule has 0 saturated carbocycles. The van der Waals surface area contributed by atoms with Gasteiger partial charge in [-0.1, -0.05) is 467 Å². The monoisotopic (exact) mass is 1920 g/mol. The van der Waals surface area contributed by atoms with Gasteiger partial charge < -0.3 is 0 Å². The highest BCUT2D eigenvalue weighted by molar-refractivity contribution is 7.26. The molecular weight excluding hydrogens is 1830 g/mol. The van der Waals surface area contributed by atoms with Crippen LogP contribution in [0, 0.1) is 0 Å². The first kappa shape index (κ1) is 86.8. The van der Waals surface area contributed by atoms with Crippen LogP contribution in [0.1, 0.15) is 4.28 Å². The summed E-state index contributed by atoms with van der Waals surface area (Å²) in [5.74, 6) is 0. The summed E-state index contributed by atoms with van der Waals surface area (Å²) < 4.78 is 7.99. The van der Waals surface area contributed by atoms with E-state index < -0.39 is 0 Å². The summed E-state index contributed by atoms with van der Waals surface area (Å²) in [6.45, 7) is 0. The lowest BCUT2D eigenvalue weighted by atomic mass is 9.82. The van der Waals surface area contributed by atoms with Crippen LogP contribution in [-0.4, -0.2) is 0 Å². The van der Waals surface area contributed by atoms with Crippen LogP contribution in [-0.2, 0) is 0 Å². The Hall–Kier alpha value is -18.1. The van der Waals surface area contributed by atoms with Gasteiger partial charge in [0.1, 0.15) is 0 Å². The molecule has 3 aromatic heterocycles. The van der Waals surface area contributed by atoms with Gasteiger partial charge in [-0.05, 0) is 309 Å². The molecule has 0 aliphatic carbocycles. The Kier molecular flexibility index (Phi) is 21.7. The van der Waals surface area contributed by atoms with Crippen molar-refractivity contribution in [2.24, 2.45) is 0 Å². The summed E-state index contributed by atoms with van der Waals surface area (Å²) >= 11 is 5.61. The highest BCUT2D eigenvalue weighted by Crippen LogP contribution is 2.54. The van der Waals surface area contributed by atoms with Gasteiger partial charge in [-0.3, -0.25) is 0 Å². The van der Waals surface area contributed by atoms with E-state index in [4.69, 9.17) is 0 Å². The molecular formula is C144H96S3. The maximum Gasteiger partial charge on any atom is 0.0361 e. The molecule has 0 radical (unpaired) electrons. The minimum Gasteiger partial charge on any atom is -0.135 e. The molecule has 0 amide bonds. The second-order valence-electron chi connectivity index (χ2n) is 38.5. The van der Waals surface area contributed by atoms with Crippen molar-refractivity contribution in [3.8, 4) is 134 Å². The fraction of sp³-hybridized carbons (Fsp3) is 0. The molecule has 3 heterocycles. The van der Waals surface area contributed by atoms with Crippen LogP contribution < -0.4 is 0 Å². The Morgan fingerprint density at radius 1 is 0.0952 bits per heavy atom. The number of hydrogen-bond acceptors (Lipinski definition) is 3. The highest BCUT2D eigenvalue weighted by atomic mass is 32.1. The number of benzene rings is 27. The minimum atomic E-state index is 0. The predicted molar refractivity (Wildman–Crippen MR) is 647 cm³/mol. The standard InChI is InChI=1S/3C48H30S.3H2/c1-2-12-31(13-3-1)34-25-24-32-14-11-22-43(44(32)29-34)48-41-20-6-4-18-39(41)47(40-19-5-7-21-42(40)48)36-16-10-15-33(28-36)35-26-27-38-37-17-8-9-23-45(37)49-46(38)30-35;1-2-12-31(13-3-1)34-25-24-32-14-11-22-42(43(32)29-34)48-40-20-6-4-18-38(40)47(39-19-5-7-21-41(39)48)36-16-10-15-33(28-36)35-26-27-46-44(30-35)37-17-8-9-23-45(37)49-46;1-2-13-31(14-3-1)33-26-25-32-15-12-23-42(43(32)29-33)48-40-21-8-6-19-38(40)47(39-20-7-9-22-41(39)48)37-18-5-4-16-35(37)34-27-28-46-44(30-34)36-17-10-11-24-45(36)49-46;;;/h3*1-30H;3*1H/i;;;3*1+1. The normalized spacial score (nSPS) is 11.7. The van der Waals surface area contributed by atoms with Gasteiger partial charge in [0.05, 0.1) is 0 Å². The molecule has 0 nitrogen and oxygen atoms in total. The van der Waals surface area contributed by atoms with Crippen LogP contribution in [0.5, 0.6) is 0 Å². The largest absolute Gasteiger partial charge is 0.135 e. The SMILES string of the molecule is [2HH].[2HH].[2HH].c1ccc(-c2ccc3cccc(-c4c5ccccc5c(-c5cccc(-c6ccc7c(c6)sc6ccccc67)c5)c5ccccc45)c3c2)cc1.c1ccc(-c2ccc3cccc(-c4c5ccccc5c(-c5cccc(-c6ccc7sc8ccccc8c7c6)c5)c5ccccc45)c3c2)cc1.c1ccc(-c2ccc3cccc(-c4c5ccccc5c(-c5ccccc5-c5ccc6sc7ccccc7c6c5)c5ccccc45)c3c2)cc1. The van der Waals surface area contributed by atoms with Gasteiger partial charge >= 0.3 is 0 Å². The van der Waals surface area contributed by atoms with Crippen LogP contribution in [0.4, 0.5) is 0 Å². The van der Waals surface area contributed by atoms with Gasteiger partial charge in [-0.15, -0.1) is 34.0 Å². The molecule has 0 unspecified atom stereocenters. The third-order valence-electron chi connectivity index (χ3n) is 30.2. The molecule has 0 N–H and O–H groups in total. The van der Waals surface area contributed by atoms with Crippen molar-refractivity contribution in [2.45, 2.75) is 0 Å². The van der Waals surface area contributed by atoms with Gasteiger partial charge in [0, 0.05) is 64.8 Å². The first-order valence-electron chi connectivity index (χ1n) is 50.5. The quantitative estimate of drug-likeness (QED) is 0.107. The number of rotatable bonds is 12. The maximum atomic E-state index is 2.40. The van der Waals surface area contributed by atoms with Crippen LogP contribution in [0.25, 0.3) is 291 Å². The van der Waals surface area contributed by atoms with Gasteiger partial charge in [-0.25, -0.2) is 0 Å². The van der Waals surface area contributed by atoms with E-state index in [-0.39, 0.29) is 4.28 Å². The fourth-order valence-corrected chi connectivity index (χ4v) is 26.8. The Morgan fingerprint density at radius 3 is 0.687 bits per heavy atom.